The van der Waals surface area contributed by atoms with E-state index < -0.39 is 17.9 Å². The van der Waals surface area contributed by atoms with Gasteiger partial charge in [-0.25, -0.2) is 4.98 Å². The maximum Gasteiger partial charge on any atom is 0.313 e. The van der Waals surface area contributed by atoms with E-state index >= 15 is 0 Å². The lowest BCUT2D eigenvalue weighted by Crippen LogP contribution is -2.24. The Hall–Kier alpha value is -1.73. The Bertz CT molecular complexity index is 686. The number of benzene rings is 1. The van der Waals surface area contributed by atoms with E-state index in [4.69, 9.17) is 22.4 Å². The van der Waals surface area contributed by atoms with Crippen molar-refractivity contribution in [1.29, 1.82) is 0 Å². The van der Waals surface area contributed by atoms with Gasteiger partial charge in [-0.2, -0.15) is 0 Å². The van der Waals surface area contributed by atoms with E-state index in [9.17, 15) is 9.59 Å². The third-order valence-electron chi connectivity index (χ3n) is 2.74. The summed E-state index contributed by atoms with van der Waals surface area (Å²) in [6.45, 7) is 1.63. The highest BCUT2D eigenvalue weighted by atomic mass is 35.5. The maximum atomic E-state index is 11.4. The second-order valence-electron chi connectivity index (χ2n) is 4.16. The predicted molar refractivity (Wildman–Crippen MR) is 77.0 cm³/mol. The number of thioether (sulfide) groups is 1. The SMILES string of the molecule is CC(C(N)=O)n1c(SCC(=O)O)nc2ccc(Cl)cc21. The number of hydrogen-bond donors (Lipinski definition) is 2. The summed E-state index contributed by atoms with van der Waals surface area (Å²) in [4.78, 5) is 26.4. The monoisotopic (exact) mass is 313 g/mol. The Labute approximate surface area is 123 Å². The number of carboxylic acids is 1. The summed E-state index contributed by atoms with van der Waals surface area (Å²) in [5.74, 6) is -1.64. The van der Waals surface area contributed by atoms with E-state index in [2.05, 4.69) is 4.98 Å². The van der Waals surface area contributed by atoms with Crippen LogP contribution in [0.5, 0.6) is 0 Å². The summed E-state index contributed by atoms with van der Waals surface area (Å²) in [7, 11) is 0. The Morgan fingerprint density at radius 2 is 2.25 bits per heavy atom. The van der Waals surface area contributed by atoms with Crippen molar-refractivity contribution in [2.24, 2.45) is 5.73 Å². The van der Waals surface area contributed by atoms with Gasteiger partial charge in [0.2, 0.25) is 5.91 Å². The summed E-state index contributed by atoms with van der Waals surface area (Å²) >= 11 is 6.99. The van der Waals surface area contributed by atoms with Gasteiger partial charge in [-0.15, -0.1) is 0 Å². The lowest BCUT2D eigenvalue weighted by Gasteiger charge is -2.13. The molecule has 3 N–H and O–H groups in total. The lowest BCUT2D eigenvalue weighted by molar-refractivity contribution is -0.133. The van der Waals surface area contributed by atoms with Crippen LogP contribution in [0.1, 0.15) is 13.0 Å². The molecule has 1 unspecified atom stereocenters. The first-order valence-electron chi connectivity index (χ1n) is 5.71. The number of rotatable bonds is 5. The number of nitrogens with zero attached hydrogens (tertiary/aromatic N) is 2. The lowest BCUT2D eigenvalue weighted by atomic mass is 10.2. The first kappa shape index (κ1) is 14.7. The van der Waals surface area contributed by atoms with Crippen molar-refractivity contribution in [2.45, 2.75) is 18.1 Å². The minimum atomic E-state index is -0.960. The zero-order valence-electron chi connectivity index (χ0n) is 10.5. The van der Waals surface area contributed by atoms with Gasteiger partial charge < -0.3 is 15.4 Å². The minimum absolute atomic E-state index is 0.150. The van der Waals surface area contributed by atoms with Gasteiger partial charge in [-0.05, 0) is 25.1 Å². The third kappa shape index (κ3) is 2.88. The van der Waals surface area contributed by atoms with Crippen LogP contribution in [0.4, 0.5) is 0 Å². The maximum absolute atomic E-state index is 11.4. The predicted octanol–water partition coefficient (Wildman–Crippen LogP) is 1.91. The molecule has 1 atom stereocenters. The zero-order chi connectivity index (χ0) is 14.9. The molecule has 0 radical (unpaired) electrons. The van der Waals surface area contributed by atoms with Gasteiger partial charge in [0.1, 0.15) is 6.04 Å². The number of imidazole rings is 1. The highest BCUT2D eigenvalue weighted by Crippen LogP contribution is 2.29. The molecular weight excluding hydrogens is 302 g/mol. The molecular formula is C12H12ClN3O3S. The summed E-state index contributed by atoms with van der Waals surface area (Å²) in [5, 5.41) is 9.69. The Morgan fingerprint density at radius 1 is 1.55 bits per heavy atom. The number of hydrogen-bond acceptors (Lipinski definition) is 4. The summed E-state index contributed by atoms with van der Waals surface area (Å²) in [6, 6.07) is 4.43. The average Bonchev–Trinajstić information content (AvgIpc) is 2.72. The number of aliphatic carboxylic acids is 1. The molecule has 2 rings (SSSR count). The van der Waals surface area contributed by atoms with Crippen molar-refractivity contribution < 1.29 is 14.7 Å². The largest absolute Gasteiger partial charge is 0.481 e. The van der Waals surface area contributed by atoms with E-state index in [1.54, 1.807) is 29.7 Å². The number of fused-ring (bicyclic) bond motifs is 1. The molecule has 6 nitrogen and oxygen atoms in total. The van der Waals surface area contributed by atoms with E-state index in [1.807, 2.05) is 0 Å². The van der Waals surface area contributed by atoms with Gasteiger partial charge in [0, 0.05) is 5.02 Å². The van der Waals surface area contributed by atoms with Gasteiger partial charge in [-0.3, -0.25) is 9.59 Å². The Kier molecular flexibility index (Phi) is 4.20. The molecule has 2 aromatic rings. The Morgan fingerprint density at radius 3 is 2.85 bits per heavy atom. The molecule has 1 heterocycles. The molecule has 20 heavy (non-hydrogen) atoms. The normalized spacial score (nSPS) is 12.5. The van der Waals surface area contributed by atoms with Gasteiger partial charge in [0.15, 0.2) is 5.16 Å². The molecule has 0 spiro atoms. The molecule has 8 heteroatoms. The Balaban J connectivity index is 2.57. The number of aromatic nitrogens is 2. The quantitative estimate of drug-likeness (QED) is 0.822. The number of carbonyl (C=O) groups is 2. The minimum Gasteiger partial charge on any atom is -0.481 e. The highest BCUT2D eigenvalue weighted by molar-refractivity contribution is 7.99. The van der Waals surface area contributed by atoms with E-state index in [-0.39, 0.29) is 5.75 Å². The average molecular weight is 314 g/mol. The van der Waals surface area contributed by atoms with Crippen molar-refractivity contribution >= 4 is 46.3 Å². The summed E-state index contributed by atoms with van der Waals surface area (Å²) in [6.07, 6.45) is 0. The molecule has 0 aliphatic rings. The summed E-state index contributed by atoms with van der Waals surface area (Å²) < 4.78 is 1.61. The van der Waals surface area contributed by atoms with Gasteiger partial charge >= 0.3 is 5.97 Å². The van der Waals surface area contributed by atoms with Crippen LogP contribution in [0.2, 0.25) is 5.02 Å². The van der Waals surface area contributed by atoms with Crippen LogP contribution in [0, 0.1) is 0 Å². The topological polar surface area (TPSA) is 98.2 Å². The molecule has 106 valence electrons. The van der Waals surface area contributed by atoms with Crippen LogP contribution in [-0.2, 0) is 9.59 Å². The van der Waals surface area contributed by atoms with E-state index in [0.29, 0.717) is 21.2 Å². The first-order valence-corrected chi connectivity index (χ1v) is 7.08. The molecule has 0 aliphatic carbocycles. The molecule has 0 saturated heterocycles. The number of amides is 1. The molecule has 1 amide bonds. The number of carboxylic acid groups (broad SMARTS) is 1. The molecule has 0 saturated carbocycles. The van der Waals surface area contributed by atoms with Crippen LogP contribution in [0.25, 0.3) is 11.0 Å². The number of primary amides is 1. The van der Waals surface area contributed by atoms with Crippen LogP contribution in [-0.4, -0.2) is 32.3 Å². The van der Waals surface area contributed by atoms with Crippen molar-refractivity contribution in [2.75, 3.05) is 5.75 Å². The van der Waals surface area contributed by atoms with Gasteiger partial charge in [0.05, 0.1) is 16.8 Å². The molecule has 0 bridgehead atoms. The highest BCUT2D eigenvalue weighted by Gasteiger charge is 2.20. The van der Waals surface area contributed by atoms with E-state index in [1.165, 1.54) is 0 Å². The second-order valence-corrected chi connectivity index (χ2v) is 5.54. The van der Waals surface area contributed by atoms with Gasteiger partial charge in [-0.1, -0.05) is 23.4 Å². The van der Waals surface area contributed by atoms with Crippen molar-refractivity contribution in [3.8, 4) is 0 Å². The van der Waals surface area contributed by atoms with Crippen molar-refractivity contribution in [1.82, 2.24) is 9.55 Å². The number of halogens is 1. The second kappa shape index (κ2) is 5.72. The fourth-order valence-corrected chi connectivity index (χ4v) is 2.75. The van der Waals surface area contributed by atoms with E-state index in [0.717, 1.165) is 11.8 Å². The van der Waals surface area contributed by atoms with Crippen LogP contribution >= 0.6 is 23.4 Å². The molecule has 0 fully saturated rings. The van der Waals surface area contributed by atoms with Crippen LogP contribution in [0.3, 0.4) is 0 Å². The van der Waals surface area contributed by atoms with Crippen molar-refractivity contribution in [3.63, 3.8) is 0 Å². The fourth-order valence-electron chi connectivity index (χ4n) is 1.77. The zero-order valence-corrected chi connectivity index (χ0v) is 12.1. The molecule has 1 aromatic carbocycles. The molecule has 1 aromatic heterocycles. The number of carbonyl (C=O) groups excluding carboxylic acids is 1. The van der Waals surface area contributed by atoms with Gasteiger partial charge in [0.25, 0.3) is 0 Å². The summed E-state index contributed by atoms with van der Waals surface area (Å²) in [5.41, 5.74) is 6.62. The molecule has 0 aliphatic heterocycles. The van der Waals surface area contributed by atoms with Crippen LogP contribution < -0.4 is 5.73 Å². The standard InChI is InChI=1S/C12H12ClN3O3S/c1-6(11(14)19)16-9-4-7(13)2-3-8(9)15-12(16)20-5-10(17)18/h2-4,6H,5H2,1H3,(H2,14,19)(H,17,18). The smallest absolute Gasteiger partial charge is 0.313 e. The van der Waals surface area contributed by atoms with Crippen molar-refractivity contribution in [3.05, 3.63) is 23.2 Å². The fraction of sp³-hybridized carbons (Fsp3) is 0.250. The first-order chi connectivity index (χ1) is 9.40. The third-order valence-corrected chi connectivity index (χ3v) is 3.92. The van der Waals surface area contributed by atoms with Crippen LogP contribution in [0.15, 0.2) is 23.4 Å². The number of nitrogens with two attached hydrogens (primary N) is 1.